The molecule has 5 heteroatoms. The standard InChI is InChI=1S/C8H10N4S/c9-7(8-10-5-11-12-8)4-6-2-1-3-13-6/h1-3,5,7H,4,9H2,(H,10,11,12). The van der Waals surface area contributed by atoms with E-state index >= 15 is 0 Å². The van der Waals surface area contributed by atoms with Crippen LogP contribution in [0.5, 0.6) is 0 Å². The van der Waals surface area contributed by atoms with Crippen LogP contribution < -0.4 is 5.73 Å². The number of H-pyrrole nitrogens is 1. The fraction of sp³-hybridized carbons (Fsp3) is 0.250. The van der Waals surface area contributed by atoms with Crippen molar-refractivity contribution in [3.63, 3.8) is 0 Å². The quantitative estimate of drug-likeness (QED) is 0.769. The molecule has 0 aliphatic rings. The summed E-state index contributed by atoms with van der Waals surface area (Å²) in [6.07, 6.45) is 2.29. The van der Waals surface area contributed by atoms with Crippen molar-refractivity contribution >= 4 is 11.3 Å². The van der Waals surface area contributed by atoms with E-state index in [1.807, 2.05) is 11.4 Å². The minimum atomic E-state index is -0.0823. The van der Waals surface area contributed by atoms with Gasteiger partial charge in [0.15, 0.2) is 0 Å². The van der Waals surface area contributed by atoms with Crippen LogP contribution >= 0.6 is 11.3 Å². The first-order valence-electron chi connectivity index (χ1n) is 3.99. The predicted molar refractivity (Wildman–Crippen MR) is 51.3 cm³/mol. The number of hydrogen-bond donors (Lipinski definition) is 2. The van der Waals surface area contributed by atoms with Gasteiger partial charge in [-0.2, -0.15) is 5.10 Å². The van der Waals surface area contributed by atoms with Gasteiger partial charge in [-0.25, -0.2) is 4.98 Å². The number of aromatic amines is 1. The fourth-order valence-corrected chi connectivity index (χ4v) is 1.90. The maximum absolute atomic E-state index is 5.90. The Balaban J connectivity index is 2.04. The number of aromatic nitrogens is 3. The molecular formula is C8H10N4S. The predicted octanol–water partition coefficient (Wildman–Crippen LogP) is 1.11. The number of thiophene rings is 1. The second-order valence-electron chi connectivity index (χ2n) is 2.76. The largest absolute Gasteiger partial charge is 0.321 e. The smallest absolute Gasteiger partial charge is 0.141 e. The molecule has 0 fully saturated rings. The number of nitrogens with two attached hydrogens (primary N) is 1. The fourth-order valence-electron chi connectivity index (χ4n) is 1.14. The minimum absolute atomic E-state index is 0.0823. The van der Waals surface area contributed by atoms with Crippen molar-refractivity contribution in [3.8, 4) is 0 Å². The van der Waals surface area contributed by atoms with Crippen LogP contribution in [0.3, 0.4) is 0 Å². The number of rotatable bonds is 3. The first-order chi connectivity index (χ1) is 6.36. The van der Waals surface area contributed by atoms with Crippen LogP contribution in [0.4, 0.5) is 0 Å². The van der Waals surface area contributed by atoms with Crippen LogP contribution in [0.1, 0.15) is 16.7 Å². The molecule has 0 radical (unpaired) electrons. The summed E-state index contributed by atoms with van der Waals surface area (Å²) in [5.41, 5.74) is 5.90. The van der Waals surface area contributed by atoms with E-state index in [4.69, 9.17) is 5.73 Å². The molecular weight excluding hydrogens is 184 g/mol. The van der Waals surface area contributed by atoms with Gasteiger partial charge in [-0.05, 0) is 11.4 Å². The molecule has 0 saturated heterocycles. The molecule has 0 bridgehead atoms. The molecule has 0 aliphatic heterocycles. The Bertz CT molecular complexity index is 340. The van der Waals surface area contributed by atoms with Gasteiger partial charge in [-0.3, -0.25) is 5.10 Å². The molecule has 0 aliphatic carbocycles. The zero-order valence-electron chi connectivity index (χ0n) is 6.97. The van der Waals surface area contributed by atoms with Gasteiger partial charge in [0.1, 0.15) is 12.2 Å². The van der Waals surface area contributed by atoms with Gasteiger partial charge < -0.3 is 5.73 Å². The Morgan fingerprint density at radius 1 is 1.62 bits per heavy atom. The van der Waals surface area contributed by atoms with Gasteiger partial charge in [-0.15, -0.1) is 11.3 Å². The van der Waals surface area contributed by atoms with E-state index in [2.05, 4.69) is 21.2 Å². The van der Waals surface area contributed by atoms with E-state index in [0.717, 1.165) is 12.2 Å². The summed E-state index contributed by atoms with van der Waals surface area (Å²) < 4.78 is 0. The molecule has 13 heavy (non-hydrogen) atoms. The van der Waals surface area contributed by atoms with E-state index in [9.17, 15) is 0 Å². The van der Waals surface area contributed by atoms with Gasteiger partial charge in [-0.1, -0.05) is 6.07 Å². The topological polar surface area (TPSA) is 67.6 Å². The maximum atomic E-state index is 5.90. The van der Waals surface area contributed by atoms with Gasteiger partial charge in [0.25, 0.3) is 0 Å². The van der Waals surface area contributed by atoms with Crippen LogP contribution in [0.25, 0.3) is 0 Å². The highest BCUT2D eigenvalue weighted by atomic mass is 32.1. The minimum Gasteiger partial charge on any atom is -0.321 e. The van der Waals surface area contributed by atoms with Crippen molar-refractivity contribution in [1.29, 1.82) is 0 Å². The SMILES string of the molecule is NC(Cc1cccs1)c1ncn[nH]1. The molecule has 1 atom stereocenters. The van der Waals surface area contributed by atoms with E-state index in [1.54, 1.807) is 11.3 Å². The molecule has 0 saturated carbocycles. The summed E-state index contributed by atoms with van der Waals surface area (Å²) in [5.74, 6) is 0.744. The van der Waals surface area contributed by atoms with E-state index in [-0.39, 0.29) is 6.04 Å². The van der Waals surface area contributed by atoms with E-state index < -0.39 is 0 Å². The first-order valence-corrected chi connectivity index (χ1v) is 4.87. The molecule has 2 rings (SSSR count). The summed E-state index contributed by atoms with van der Waals surface area (Å²) in [6, 6.07) is 4.01. The van der Waals surface area contributed by atoms with Crippen molar-refractivity contribution in [2.75, 3.05) is 0 Å². The molecule has 2 heterocycles. The molecule has 2 aromatic rings. The zero-order chi connectivity index (χ0) is 9.10. The lowest BCUT2D eigenvalue weighted by Gasteiger charge is -2.05. The summed E-state index contributed by atoms with van der Waals surface area (Å²) in [4.78, 5) is 5.28. The van der Waals surface area contributed by atoms with Crippen LogP contribution in [0.15, 0.2) is 23.8 Å². The first kappa shape index (κ1) is 8.40. The third-order valence-corrected chi connectivity index (χ3v) is 2.68. The number of hydrogen-bond acceptors (Lipinski definition) is 4. The monoisotopic (exact) mass is 194 g/mol. The highest BCUT2D eigenvalue weighted by Crippen LogP contribution is 2.16. The highest BCUT2D eigenvalue weighted by Gasteiger charge is 2.09. The Labute approximate surface area is 79.8 Å². The summed E-state index contributed by atoms with van der Waals surface area (Å²) in [7, 11) is 0. The van der Waals surface area contributed by atoms with E-state index in [0.29, 0.717) is 0 Å². The lowest BCUT2D eigenvalue weighted by atomic mass is 10.2. The Kier molecular flexibility index (Phi) is 2.37. The molecule has 1 unspecified atom stereocenters. The molecule has 4 nitrogen and oxygen atoms in total. The highest BCUT2D eigenvalue weighted by molar-refractivity contribution is 7.09. The summed E-state index contributed by atoms with van der Waals surface area (Å²) in [5, 5.41) is 8.57. The van der Waals surface area contributed by atoms with Crippen molar-refractivity contribution in [2.45, 2.75) is 12.5 Å². The molecule has 0 spiro atoms. The van der Waals surface area contributed by atoms with Gasteiger partial charge in [0, 0.05) is 11.3 Å². The molecule has 0 amide bonds. The maximum Gasteiger partial charge on any atom is 0.141 e. The average Bonchev–Trinajstić information content (AvgIpc) is 2.74. The average molecular weight is 194 g/mol. The summed E-state index contributed by atoms with van der Waals surface area (Å²) in [6.45, 7) is 0. The number of nitrogens with one attached hydrogen (secondary N) is 1. The molecule has 3 N–H and O–H groups in total. The zero-order valence-corrected chi connectivity index (χ0v) is 7.79. The van der Waals surface area contributed by atoms with Crippen LogP contribution in [-0.2, 0) is 6.42 Å². The Hall–Kier alpha value is -1.20. The van der Waals surface area contributed by atoms with Crippen molar-refractivity contribution in [1.82, 2.24) is 15.2 Å². The lowest BCUT2D eigenvalue weighted by molar-refractivity contribution is 0.677. The van der Waals surface area contributed by atoms with Crippen LogP contribution in [0.2, 0.25) is 0 Å². The lowest BCUT2D eigenvalue weighted by Crippen LogP contribution is -2.14. The molecule has 0 aromatic carbocycles. The van der Waals surface area contributed by atoms with Gasteiger partial charge in [0.05, 0.1) is 6.04 Å². The summed E-state index contributed by atoms with van der Waals surface area (Å²) >= 11 is 1.71. The van der Waals surface area contributed by atoms with Crippen molar-refractivity contribution in [3.05, 3.63) is 34.5 Å². The second kappa shape index (κ2) is 3.68. The third-order valence-electron chi connectivity index (χ3n) is 1.79. The number of nitrogens with zero attached hydrogens (tertiary/aromatic N) is 2. The third kappa shape index (κ3) is 1.93. The Morgan fingerprint density at radius 2 is 2.54 bits per heavy atom. The van der Waals surface area contributed by atoms with Crippen molar-refractivity contribution in [2.24, 2.45) is 5.73 Å². The normalized spacial score (nSPS) is 13.0. The second-order valence-corrected chi connectivity index (χ2v) is 3.79. The Morgan fingerprint density at radius 3 is 3.15 bits per heavy atom. The van der Waals surface area contributed by atoms with E-state index in [1.165, 1.54) is 11.2 Å². The molecule has 68 valence electrons. The van der Waals surface area contributed by atoms with Gasteiger partial charge >= 0.3 is 0 Å². The van der Waals surface area contributed by atoms with Crippen molar-refractivity contribution < 1.29 is 0 Å². The van der Waals surface area contributed by atoms with Crippen LogP contribution in [-0.4, -0.2) is 15.2 Å². The molecule has 2 aromatic heterocycles. The van der Waals surface area contributed by atoms with Crippen LogP contribution in [0, 0.1) is 0 Å². The van der Waals surface area contributed by atoms with Gasteiger partial charge in [0.2, 0.25) is 0 Å².